The maximum Gasteiger partial charge on any atom is 0.351 e. The molecule has 0 aliphatic rings. The second kappa shape index (κ2) is 11.0. The summed E-state index contributed by atoms with van der Waals surface area (Å²) in [6.45, 7) is 7.05. The molecule has 23 heavy (non-hydrogen) atoms. The summed E-state index contributed by atoms with van der Waals surface area (Å²) in [5, 5.41) is 9.34. The molecule has 0 aromatic carbocycles. The normalized spacial score (nSPS) is 14.5. The van der Waals surface area contributed by atoms with Crippen molar-refractivity contribution in [1.29, 1.82) is 0 Å². The van der Waals surface area contributed by atoms with Crippen molar-refractivity contribution in [3.63, 3.8) is 0 Å². The second-order valence-corrected chi connectivity index (χ2v) is 5.37. The molecule has 1 N–H and O–H groups in total. The van der Waals surface area contributed by atoms with E-state index in [1.807, 2.05) is 13.8 Å². The average molecular weight is 332 g/mol. The molecular formula is C16H28O7. The Kier molecular flexibility index (Phi) is 10.2. The summed E-state index contributed by atoms with van der Waals surface area (Å²) in [6.07, 6.45) is -0.0115. The van der Waals surface area contributed by atoms with Crippen LogP contribution in [0.4, 0.5) is 0 Å². The maximum atomic E-state index is 12.4. The van der Waals surface area contributed by atoms with Crippen LogP contribution in [0.2, 0.25) is 0 Å². The molecule has 7 nitrogen and oxygen atoms in total. The molecule has 0 saturated carbocycles. The molecule has 7 heteroatoms. The molecule has 0 aliphatic heterocycles. The van der Waals surface area contributed by atoms with Crippen molar-refractivity contribution in [3.8, 4) is 0 Å². The van der Waals surface area contributed by atoms with Gasteiger partial charge in [-0.3, -0.25) is 4.79 Å². The highest BCUT2D eigenvalue weighted by Crippen LogP contribution is 2.26. The first-order chi connectivity index (χ1) is 10.8. The van der Waals surface area contributed by atoms with Gasteiger partial charge in [0.2, 0.25) is 5.60 Å². The van der Waals surface area contributed by atoms with E-state index in [9.17, 15) is 19.5 Å². The van der Waals surface area contributed by atoms with Crippen LogP contribution in [0.25, 0.3) is 0 Å². The smallest absolute Gasteiger partial charge is 0.351 e. The highest BCUT2D eigenvalue weighted by molar-refractivity contribution is 5.89. The monoisotopic (exact) mass is 332 g/mol. The summed E-state index contributed by atoms with van der Waals surface area (Å²) in [4.78, 5) is 36.1. The fourth-order valence-corrected chi connectivity index (χ4v) is 1.90. The standard InChI is InChI=1S/C16H28O7/c1-5-8-16(15(20)22-10-7-3,23-14(19)12(4)17)11-13(18)21-9-6-2/h12,17H,5-11H2,1-4H3. The van der Waals surface area contributed by atoms with E-state index >= 15 is 0 Å². The first-order valence-corrected chi connectivity index (χ1v) is 8.06. The Morgan fingerprint density at radius 3 is 2.04 bits per heavy atom. The van der Waals surface area contributed by atoms with E-state index < -0.39 is 36.0 Å². The van der Waals surface area contributed by atoms with Crippen molar-refractivity contribution in [2.75, 3.05) is 13.2 Å². The van der Waals surface area contributed by atoms with Crippen LogP contribution in [0.3, 0.4) is 0 Å². The lowest BCUT2D eigenvalue weighted by molar-refractivity contribution is -0.192. The third-order valence-corrected chi connectivity index (χ3v) is 3.00. The minimum Gasteiger partial charge on any atom is -0.466 e. The van der Waals surface area contributed by atoms with Crippen molar-refractivity contribution >= 4 is 17.9 Å². The van der Waals surface area contributed by atoms with Gasteiger partial charge >= 0.3 is 17.9 Å². The SMILES string of the molecule is CCCOC(=O)CC(CCC)(OC(=O)C(C)O)C(=O)OCCC. The highest BCUT2D eigenvalue weighted by atomic mass is 16.6. The lowest BCUT2D eigenvalue weighted by Crippen LogP contribution is -2.48. The highest BCUT2D eigenvalue weighted by Gasteiger charge is 2.46. The van der Waals surface area contributed by atoms with Gasteiger partial charge in [0.1, 0.15) is 6.10 Å². The van der Waals surface area contributed by atoms with Gasteiger partial charge in [-0.2, -0.15) is 0 Å². The minimum atomic E-state index is -1.76. The van der Waals surface area contributed by atoms with Gasteiger partial charge in [-0.1, -0.05) is 27.2 Å². The van der Waals surface area contributed by atoms with Crippen LogP contribution in [0.15, 0.2) is 0 Å². The molecule has 0 aromatic rings. The predicted molar refractivity (Wildman–Crippen MR) is 82.5 cm³/mol. The molecule has 0 rings (SSSR count). The number of aliphatic hydroxyl groups is 1. The van der Waals surface area contributed by atoms with Crippen molar-refractivity contribution in [3.05, 3.63) is 0 Å². The first kappa shape index (κ1) is 21.4. The van der Waals surface area contributed by atoms with Gasteiger partial charge in [-0.05, 0) is 26.2 Å². The molecule has 0 amide bonds. The molecule has 2 unspecified atom stereocenters. The number of aliphatic hydroxyl groups excluding tert-OH is 1. The molecule has 2 atom stereocenters. The summed E-state index contributed by atoms with van der Waals surface area (Å²) in [7, 11) is 0. The Balaban J connectivity index is 5.34. The summed E-state index contributed by atoms with van der Waals surface area (Å²) in [5.41, 5.74) is -1.76. The molecule has 0 heterocycles. The van der Waals surface area contributed by atoms with Gasteiger partial charge in [-0.15, -0.1) is 0 Å². The fraction of sp³-hybridized carbons (Fsp3) is 0.812. The molecule has 0 saturated heterocycles. The molecule has 134 valence electrons. The average Bonchev–Trinajstić information content (AvgIpc) is 2.50. The van der Waals surface area contributed by atoms with Gasteiger partial charge in [0.05, 0.1) is 19.6 Å². The number of carbonyl (C=O) groups excluding carboxylic acids is 3. The van der Waals surface area contributed by atoms with Crippen molar-refractivity contribution in [2.45, 2.75) is 71.5 Å². The minimum absolute atomic E-state index is 0.106. The molecule has 0 aromatic heterocycles. The van der Waals surface area contributed by atoms with E-state index in [0.717, 1.165) is 0 Å². The van der Waals surface area contributed by atoms with Crippen molar-refractivity contribution < 1.29 is 33.7 Å². The van der Waals surface area contributed by atoms with Crippen LogP contribution in [0, 0.1) is 0 Å². The van der Waals surface area contributed by atoms with Crippen LogP contribution in [-0.2, 0) is 28.6 Å². The first-order valence-electron chi connectivity index (χ1n) is 8.06. The largest absolute Gasteiger partial charge is 0.466 e. The summed E-state index contributed by atoms with van der Waals surface area (Å²) in [5.74, 6) is -2.41. The van der Waals surface area contributed by atoms with Gasteiger partial charge in [0.15, 0.2) is 0 Å². The Hall–Kier alpha value is -1.63. The number of carbonyl (C=O) groups is 3. The Morgan fingerprint density at radius 2 is 1.57 bits per heavy atom. The van der Waals surface area contributed by atoms with Gasteiger partial charge < -0.3 is 19.3 Å². The van der Waals surface area contributed by atoms with E-state index in [1.165, 1.54) is 6.92 Å². The van der Waals surface area contributed by atoms with Crippen LogP contribution in [0.1, 0.15) is 59.8 Å². The predicted octanol–water partition coefficient (Wildman–Crippen LogP) is 1.75. The topological polar surface area (TPSA) is 99.1 Å². The van der Waals surface area contributed by atoms with Crippen molar-refractivity contribution in [2.24, 2.45) is 0 Å². The molecular weight excluding hydrogens is 304 g/mol. The number of rotatable bonds is 11. The maximum absolute atomic E-state index is 12.4. The Labute approximate surface area is 137 Å². The van der Waals surface area contributed by atoms with Gasteiger partial charge in [0, 0.05) is 0 Å². The molecule has 0 fully saturated rings. The zero-order chi connectivity index (χ0) is 17.9. The van der Waals surface area contributed by atoms with Gasteiger partial charge in [0.25, 0.3) is 0 Å². The van der Waals surface area contributed by atoms with Gasteiger partial charge in [-0.25, -0.2) is 9.59 Å². The molecule has 0 aliphatic carbocycles. The summed E-state index contributed by atoms with van der Waals surface area (Å²) >= 11 is 0. The van der Waals surface area contributed by atoms with Crippen LogP contribution in [-0.4, -0.2) is 47.9 Å². The third kappa shape index (κ3) is 7.45. The zero-order valence-electron chi connectivity index (χ0n) is 14.4. The van der Waals surface area contributed by atoms with Crippen LogP contribution < -0.4 is 0 Å². The van der Waals surface area contributed by atoms with E-state index in [2.05, 4.69) is 0 Å². The number of esters is 3. The van der Waals surface area contributed by atoms with E-state index in [1.54, 1.807) is 6.92 Å². The lowest BCUT2D eigenvalue weighted by atomic mass is 9.93. The number of hydrogen-bond acceptors (Lipinski definition) is 7. The number of hydrogen-bond donors (Lipinski definition) is 1. The Morgan fingerprint density at radius 1 is 1.00 bits per heavy atom. The van der Waals surface area contributed by atoms with Crippen LogP contribution in [0.5, 0.6) is 0 Å². The van der Waals surface area contributed by atoms with Crippen LogP contribution >= 0.6 is 0 Å². The fourth-order valence-electron chi connectivity index (χ4n) is 1.90. The van der Waals surface area contributed by atoms with E-state index in [4.69, 9.17) is 14.2 Å². The number of ether oxygens (including phenoxy) is 3. The molecule has 0 bridgehead atoms. The van der Waals surface area contributed by atoms with E-state index in [0.29, 0.717) is 19.3 Å². The summed E-state index contributed by atoms with van der Waals surface area (Å²) in [6, 6.07) is 0. The zero-order valence-corrected chi connectivity index (χ0v) is 14.4. The molecule has 0 radical (unpaired) electrons. The summed E-state index contributed by atoms with van der Waals surface area (Å²) < 4.78 is 15.3. The second-order valence-electron chi connectivity index (χ2n) is 5.37. The lowest BCUT2D eigenvalue weighted by Gasteiger charge is -2.30. The van der Waals surface area contributed by atoms with Crippen molar-refractivity contribution in [1.82, 2.24) is 0 Å². The Bertz CT molecular complexity index is 392. The quantitative estimate of drug-likeness (QED) is 0.454. The molecule has 0 spiro atoms. The third-order valence-electron chi connectivity index (χ3n) is 3.00. The van der Waals surface area contributed by atoms with E-state index in [-0.39, 0.29) is 19.6 Å².